The number of nitrogen functional groups attached to an aromatic ring is 1. The second-order valence-electron chi connectivity index (χ2n) is 4.24. The summed E-state index contributed by atoms with van der Waals surface area (Å²) in [4.78, 5) is 12.0. The number of carbonyl (C=O) groups excluding carboxylic acids is 1. The minimum absolute atomic E-state index is 0.117. The van der Waals surface area contributed by atoms with Crippen molar-refractivity contribution in [2.45, 2.75) is 20.0 Å². The molecule has 0 aliphatic heterocycles. The van der Waals surface area contributed by atoms with Crippen LogP contribution in [0, 0.1) is 0 Å². The molecular weight excluding hydrogens is 246 g/mol. The second kappa shape index (κ2) is 5.13. The lowest BCUT2D eigenvalue weighted by Gasteiger charge is -2.04. The summed E-state index contributed by atoms with van der Waals surface area (Å²) in [7, 11) is 3.48. The van der Waals surface area contributed by atoms with Gasteiger partial charge in [0.05, 0.1) is 17.1 Å². The summed E-state index contributed by atoms with van der Waals surface area (Å²) in [5, 5.41) is 8.31. The maximum atomic E-state index is 12.0. The molecule has 2 rings (SSSR count). The molecule has 2 N–H and O–H groups in total. The van der Waals surface area contributed by atoms with E-state index < -0.39 is 5.97 Å². The van der Waals surface area contributed by atoms with E-state index in [0.29, 0.717) is 23.5 Å². The van der Waals surface area contributed by atoms with Crippen molar-refractivity contribution < 1.29 is 9.53 Å². The minimum Gasteiger partial charge on any atom is -0.454 e. The fraction of sp³-hybridized carbons (Fsp3) is 0.417. The number of esters is 1. The Morgan fingerprint density at radius 2 is 2.16 bits per heavy atom. The first kappa shape index (κ1) is 13.1. The van der Waals surface area contributed by atoms with E-state index in [1.54, 1.807) is 31.0 Å². The van der Waals surface area contributed by atoms with Gasteiger partial charge in [-0.15, -0.1) is 0 Å². The van der Waals surface area contributed by atoms with Crippen LogP contribution in [0.4, 0.5) is 5.69 Å². The van der Waals surface area contributed by atoms with E-state index in [-0.39, 0.29) is 12.3 Å². The maximum Gasteiger partial charge on any atom is 0.359 e. The number of carbonyl (C=O) groups is 1. The van der Waals surface area contributed by atoms with Crippen LogP contribution >= 0.6 is 0 Å². The number of nitrogens with two attached hydrogens (primary N) is 1. The van der Waals surface area contributed by atoms with Gasteiger partial charge >= 0.3 is 5.97 Å². The highest BCUT2D eigenvalue weighted by molar-refractivity contribution is 5.93. The molecule has 102 valence electrons. The summed E-state index contributed by atoms with van der Waals surface area (Å²) in [6.45, 7) is 2.05. The number of rotatable bonds is 4. The van der Waals surface area contributed by atoms with Crippen molar-refractivity contribution in [1.82, 2.24) is 19.6 Å². The van der Waals surface area contributed by atoms with Gasteiger partial charge in [-0.1, -0.05) is 6.92 Å². The van der Waals surface area contributed by atoms with Crippen LogP contribution in [0.5, 0.6) is 0 Å². The molecule has 0 aliphatic rings. The van der Waals surface area contributed by atoms with Gasteiger partial charge in [-0.3, -0.25) is 9.36 Å². The molecule has 7 nitrogen and oxygen atoms in total. The van der Waals surface area contributed by atoms with E-state index >= 15 is 0 Å². The zero-order valence-corrected chi connectivity index (χ0v) is 11.3. The Morgan fingerprint density at radius 1 is 1.42 bits per heavy atom. The van der Waals surface area contributed by atoms with Crippen molar-refractivity contribution in [3.05, 3.63) is 29.3 Å². The summed E-state index contributed by atoms with van der Waals surface area (Å²) in [5.41, 5.74) is 7.94. The number of ether oxygens (including phenoxy) is 1. The third-order valence-corrected chi connectivity index (χ3v) is 2.81. The monoisotopic (exact) mass is 263 g/mol. The molecule has 0 unspecified atom stereocenters. The second-order valence-corrected chi connectivity index (χ2v) is 4.24. The van der Waals surface area contributed by atoms with Gasteiger partial charge in [0.15, 0.2) is 5.69 Å². The van der Waals surface area contributed by atoms with Gasteiger partial charge < -0.3 is 10.5 Å². The number of anilines is 1. The van der Waals surface area contributed by atoms with Crippen molar-refractivity contribution in [3.63, 3.8) is 0 Å². The predicted molar refractivity (Wildman–Crippen MR) is 69.3 cm³/mol. The highest BCUT2D eigenvalue weighted by atomic mass is 16.5. The first-order chi connectivity index (χ1) is 9.02. The van der Waals surface area contributed by atoms with Crippen molar-refractivity contribution in [2.24, 2.45) is 14.1 Å². The van der Waals surface area contributed by atoms with Crippen LogP contribution in [0.1, 0.15) is 28.8 Å². The smallest absolute Gasteiger partial charge is 0.359 e. The Bertz CT molecular complexity index is 599. The maximum absolute atomic E-state index is 12.0. The Morgan fingerprint density at radius 3 is 2.68 bits per heavy atom. The van der Waals surface area contributed by atoms with Crippen LogP contribution < -0.4 is 5.73 Å². The normalized spacial score (nSPS) is 10.7. The summed E-state index contributed by atoms with van der Waals surface area (Å²) < 4.78 is 8.29. The van der Waals surface area contributed by atoms with Crippen molar-refractivity contribution in [3.8, 4) is 0 Å². The number of aryl methyl sites for hydroxylation is 3. The molecule has 0 saturated heterocycles. The average molecular weight is 263 g/mol. The molecule has 0 radical (unpaired) electrons. The fourth-order valence-corrected chi connectivity index (χ4v) is 1.85. The topological polar surface area (TPSA) is 88.0 Å². The van der Waals surface area contributed by atoms with Crippen LogP contribution in [-0.4, -0.2) is 25.5 Å². The lowest BCUT2D eigenvalue weighted by atomic mass is 10.2. The van der Waals surface area contributed by atoms with Crippen molar-refractivity contribution in [2.75, 3.05) is 5.73 Å². The van der Waals surface area contributed by atoms with E-state index in [4.69, 9.17) is 10.5 Å². The average Bonchev–Trinajstić information content (AvgIpc) is 2.90. The first-order valence-electron chi connectivity index (χ1n) is 6.00. The van der Waals surface area contributed by atoms with Crippen LogP contribution in [0.25, 0.3) is 0 Å². The Balaban J connectivity index is 2.10. The van der Waals surface area contributed by atoms with E-state index in [2.05, 4.69) is 10.2 Å². The van der Waals surface area contributed by atoms with Crippen molar-refractivity contribution >= 4 is 11.7 Å². The van der Waals surface area contributed by atoms with E-state index in [9.17, 15) is 4.79 Å². The van der Waals surface area contributed by atoms with Gasteiger partial charge in [0.2, 0.25) is 0 Å². The van der Waals surface area contributed by atoms with Gasteiger partial charge in [-0.2, -0.15) is 10.2 Å². The summed E-state index contributed by atoms with van der Waals surface area (Å²) in [6, 6.07) is 1.79. The first-order valence-corrected chi connectivity index (χ1v) is 6.00. The summed E-state index contributed by atoms with van der Waals surface area (Å²) in [5.74, 6) is -0.488. The van der Waals surface area contributed by atoms with Crippen LogP contribution in [-0.2, 0) is 31.9 Å². The molecule has 0 spiro atoms. The van der Waals surface area contributed by atoms with E-state index in [1.807, 2.05) is 6.92 Å². The Labute approximate surface area is 111 Å². The van der Waals surface area contributed by atoms with Gasteiger partial charge in [0, 0.05) is 20.3 Å². The molecule has 2 aromatic heterocycles. The van der Waals surface area contributed by atoms with Gasteiger partial charge in [0.25, 0.3) is 0 Å². The van der Waals surface area contributed by atoms with Gasteiger partial charge in [-0.05, 0) is 12.5 Å². The largest absolute Gasteiger partial charge is 0.454 e. The van der Waals surface area contributed by atoms with E-state index in [0.717, 1.165) is 0 Å². The van der Waals surface area contributed by atoms with Crippen LogP contribution in [0.2, 0.25) is 0 Å². The molecule has 2 heterocycles. The van der Waals surface area contributed by atoms with E-state index in [1.165, 1.54) is 4.68 Å². The fourth-order valence-electron chi connectivity index (χ4n) is 1.85. The number of aromatic nitrogens is 4. The third kappa shape index (κ3) is 2.59. The molecule has 19 heavy (non-hydrogen) atoms. The molecule has 0 fully saturated rings. The Hall–Kier alpha value is -2.31. The molecule has 0 aliphatic carbocycles. The SMILES string of the molecule is CCc1nn(C)c(C(=O)OCc2ccn(C)n2)c1N. The predicted octanol–water partition coefficient (Wildman–Crippen LogP) is 0.655. The molecule has 0 atom stereocenters. The number of hydrogen-bond acceptors (Lipinski definition) is 5. The molecular formula is C12H17N5O2. The molecule has 0 aromatic carbocycles. The lowest BCUT2D eigenvalue weighted by molar-refractivity contribution is 0.0455. The highest BCUT2D eigenvalue weighted by Gasteiger charge is 2.20. The standard InChI is InChI=1S/C12H17N5O2/c1-4-9-10(13)11(17(3)15-9)12(18)19-7-8-5-6-16(2)14-8/h5-6H,4,7,13H2,1-3H3. The molecule has 0 bridgehead atoms. The zero-order chi connectivity index (χ0) is 14.0. The van der Waals surface area contributed by atoms with Gasteiger partial charge in [0.1, 0.15) is 6.61 Å². The van der Waals surface area contributed by atoms with Gasteiger partial charge in [-0.25, -0.2) is 4.79 Å². The van der Waals surface area contributed by atoms with Crippen LogP contribution in [0.3, 0.4) is 0 Å². The Kier molecular flexibility index (Phi) is 3.55. The lowest BCUT2D eigenvalue weighted by Crippen LogP contribution is -2.13. The summed E-state index contributed by atoms with van der Waals surface area (Å²) in [6.07, 6.45) is 2.46. The third-order valence-electron chi connectivity index (χ3n) is 2.81. The molecule has 0 saturated carbocycles. The molecule has 2 aromatic rings. The number of nitrogens with zero attached hydrogens (tertiary/aromatic N) is 4. The quantitative estimate of drug-likeness (QED) is 0.818. The summed E-state index contributed by atoms with van der Waals surface area (Å²) >= 11 is 0. The minimum atomic E-state index is -0.488. The zero-order valence-electron chi connectivity index (χ0n) is 11.3. The molecule has 7 heteroatoms. The number of hydrogen-bond donors (Lipinski definition) is 1. The molecule has 0 amide bonds. The van der Waals surface area contributed by atoms with Crippen molar-refractivity contribution in [1.29, 1.82) is 0 Å². The van der Waals surface area contributed by atoms with Crippen LogP contribution in [0.15, 0.2) is 12.3 Å². The highest BCUT2D eigenvalue weighted by Crippen LogP contribution is 2.18.